The fourth-order valence-corrected chi connectivity index (χ4v) is 3.49. The second-order valence-corrected chi connectivity index (χ2v) is 6.72. The molecular weight excluding hydrogens is 328 g/mol. The second kappa shape index (κ2) is 7.74. The largest absolute Gasteiger partial charge is 0.378 e. The van der Waals surface area contributed by atoms with E-state index in [1.807, 2.05) is 23.2 Å². The summed E-state index contributed by atoms with van der Waals surface area (Å²) in [6, 6.07) is 12.3. The number of ether oxygens (including phenoxy) is 1. The first-order valence-electron chi connectivity index (χ1n) is 9.17. The number of pyridine rings is 1. The van der Waals surface area contributed by atoms with Crippen LogP contribution in [0.15, 0.2) is 42.6 Å². The Bertz CT molecular complexity index is 774. The highest BCUT2D eigenvalue weighted by Gasteiger charge is 2.20. The molecule has 2 aromatic rings. The van der Waals surface area contributed by atoms with Gasteiger partial charge in [0.1, 0.15) is 5.82 Å². The Balaban J connectivity index is 1.35. The van der Waals surface area contributed by atoms with Gasteiger partial charge in [-0.3, -0.25) is 0 Å². The van der Waals surface area contributed by atoms with E-state index in [2.05, 4.69) is 39.5 Å². The molecule has 1 N–H and O–H groups in total. The van der Waals surface area contributed by atoms with Crippen molar-refractivity contribution in [2.24, 2.45) is 0 Å². The minimum Gasteiger partial charge on any atom is -0.378 e. The smallest absolute Gasteiger partial charge is 0.317 e. The Morgan fingerprint density at radius 3 is 2.77 bits per heavy atom. The summed E-state index contributed by atoms with van der Waals surface area (Å²) in [5, 5.41) is 3.05. The highest BCUT2D eigenvalue weighted by atomic mass is 16.5. The monoisotopic (exact) mass is 352 g/mol. The zero-order valence-corrected chi connectivity index (χ0v) is 14.9. The van der Waals surface area contributed by atoms with E-state index in [1.54, 1.807) is 0 Å². The van der Waals surface area contributed by atoms with Gasteiger partial charge < -0.3 is 19.9 Å². The summed E-state index contributed by atoms with van der Waals surface area (Å²) < 4.78 is 5.39. The number of fused-ring (bicyclic) bond motifs is 1. The van der Waals surface area contributed by atoms with Crippen molar-refractivity contribution in [2.45, 2.75) is 19.5 Å². The van der Waals surface area contributed by atoms with Crippen LogP contribution in [0.4, 0.5) is 10.6 Å². The summed E-state index contributed by atoms with van der Waals surface area (Å²) in [6.07, 6.45) is 2.73. The van der Waals surface area contributed by atoms with Crippen LogP contribution in [0, 0.1) is 0 Å². The van der Waals surface area contributed by atoms with Crippen molar-refractivity contribution in [3.8, 4) is 0 Å². The number of nitrogens with zero attached hydrogens (tertiary/aromatic N) is 3. The van der Waals surface area contributed by atoms with E-state index in [-0.39, 0.29) is 6.03 Å². The van der Waals surface area contributed by atoms with Crippen LogP contribution in [-0.4, -0.2) is 48.8 Å². The first-order valence-corrected chi connectivity index (χ1v) is 9.17. The summed E-state index contributed by atoms with van der Waals surface area (Å²) in [7, 11) is 0. The van der Waals surface area contributed by atoms with E-state index in [4.69, 9.17) is 4.74 Å². The van der Waals surface area contributed by atoms with E-state index >= 15 is 0 Å². The Morgan fingerprint density at radius 1 is 1.12 bits per heavy atom. The third kappa shape index (κ3) is 3.80. The van der Waals surface area contributed by atoms with Crippen LogP contribution in [0.25, 0.3) is 0 Å². The van der Waals surface area contributed by atoms with E-state index in [0.29, 0.717) is 13.1 Å². The van der Waals surface area contributed by atoms with Crippen molar-refractivity contribution in [3.05, 3.63) is 59.3 Å². The molecule has 0 saturated carbocycles. The number of hydrogen-bond acceptors (Lipinski definition) is 4. The quantitative estimate of drug-likeness (QED) is 0.920. The lowest BCUT2D eigenvalue weighted by Crippen LogP contribution is -2.42. The second-order valence-electron chi connectivity index (χ2n) is 6.72. The molecule has 1 saturated heterocycles. The molecule has 0 radical (unpaired) electrons. The van der Waals surface area contributed by atoms with Gasteiger partial charge in [-0.15, -0.1) is 0 Å². The number of anilines is 1. The van der Waals surface area contributed by atoms with Crippen molar-refractivity contribution in [2.75, 3.05) is 37.7 Å². The average Bonchev–Trinajstić information content (AvgIpc) is 2.72. The number of hydrogen-bond donors (Lipinski definition) is 1. The molecule has 6 heteroatoms. The van der Waals surface area contributed by atoms with Crippen LogP contribution < -0.4 is 10.2 Å². The van der Waals surface area contributed by atoms with Crippen LogP contribution in [0.5, 0.6) is 0 Å². The molecule has 0 atom stereocenters. The van der Waals surface area contributed by atoms with E-state index in [9.17, 15) is 4.79 Å². The molecular formula is C20H24N4O2. The van der Waals surface area contributed by atoms with Gasteiger partial charge in [-0.05, 0) is 35.2 Å². The lowest BCUT2D eigenvalue weighted by atomic mass is 10.0. The zero-order chi connectivity index (χ0) is 17.8. The van der Waals surface area contributed by atoms with Gasteiger partial charge in [-0.25, -0.2) is 9.78 Å². The molecule has 0 spiro atoms. The molecule has 2 aliphatic heterocycles. The molecule has 2 aliphatic rings. The fourth-order valence-electron chi connectivity index (χ4n) is 3.49. The Hall–Kier alpha value is -2.60. The van der Waals surface area contributed by atoms with E-state index in [0.717, 1.165) is 50.7 Å². The molecule has 0 unspecified atom stereocenters. The highest BCUT2D eigenvalue weighted by molar-refractivity contribution is 5.74. The Kier molecular flexibility index (Phi) is 5.02. The van der Waals surface area contributed by atoms with Crippen LogP contribution in [-0.2, 0) is 24.2 Å². The summed E-state index contributed by atoms with van der Waals surface area (Å²) in [5.41, 5.74) is 3.65. The normalized spacial score (nSPS) is 16.9. The first kappa shape index (κ1) is 16.8. The molecule has 1 aromatic carbocycles. The van der Waals surface area contributed by atoms with Crippen molar-refractivity contribution in [1.29, 1.82) is 0 Å². The summed E-state index contributed by atoms with van der Waals surface area (Å²) in [5.74, 6) is 0.951. The Labute approximate surface area is 153 Å². The van der Waals surface area contributed by atoms with Crippen LogP contribution in [0.3, 0.4) is 0 Å². The number of nitrogens with one attached hydrogen (secondary N) is 1. The molecule has 1 aromatic heterocycles. The standard InChI is InChI=1S/C20H24N4O2/c25-20(24-8-6-17-3-1-2-4-18(17)15-24)22-14-16-5-7-21-19(13-16)23-9-11-26-12-10-23/h1-5,7,13H,6,8-12,14-15H2,(H,22,25). The molecule has 1 fully saturated rings. The van der Waals surface area contributed by atoms with Gasteiger partial charge in [0.15, 0.2) is 0 Å². The first-order chi connectivity index (χ1) is 12.8. The molecule has 136 valence electrons. The van der Waals surface area contributed by atoms with Crippen LogP contribution in [0.2, 0.25) is 0 Å². The molecule has 6 nitrogen and oxygen atoms in total. The molecule has 0 aliphatic carbocycles. The minimum absolute atomic E-state index is 0.00996. The summed E-state index contributed by atoms with van der Waals surface area (Å²) in [4.78, 5) is 21.1. The maximum absolute atomic E-state index is 12.5. The average molecular weight is 352 g/mol. The maximum Gasteiger partial charge on any atom is 0.317 e. The minimum atomic E-state index is -0.00996. The van der Waals surface area contributed by atoms with Crippen molar-refractivity contribution in [1.82, 2.24) is 15.2 Å². The van der Waals surface area contributed by atoms with Gasteiger partial charge in [0.25, 0.3) is 0 Å². The topological polar surface area (TPSA) is 57.7 Å². The van der Waals surface area contributed by atoms with Gasteiger partial charge >= 0.3 is 6.03 Å². The van der Waals surface area contributed by atoms with Gasteiger partial charge in [0.05, 0.1) is 13.2 Å². The predicted molar refractivity (Wildman–Crippen MR) is 100 cm³/mol. The Morgan fingerprint density at radius 2 is 1.92 bits per heavy atom. The zero-order valence-electron chi connectivity index (χ0n) is 14.9. The van der Waals surface area contributed by atoms with Gasteiger partial charge in [0.2, 0.25) is 0 Å². The van der Waals surface area contributed by atoms with E-state index < -0.39 is 0 Å². The SMILES string of the molecule is O=C(NCc1ccnc(N2CCOCC2)c1)N1CCc2ccccc2C1. The molecule has 4 rings (SSSR count). The van der Waals surface area contributed by atoms with Crippen molar-refractivity contribution in [3.63, 3.8) is 0 Å². The number of rotatable bonds is 3. The molecule has 26 heavy (non-hydrogen) atoms. The molecule has 3 heterocycles. The molecule has 2 amide bonds. The maximum atomic E-state index is 12.5. The van der Waals surface area contributed by atoms with Crippen molar-refractivity contribution >= 4 is 11.8 Å². The number of benzene rings is 1. The fraction of sp³-hybridized carbons (Fsp3) is 0.400. The van der Waals surface area contributed by atoms with Gasteiger partial charge in [-0.2, -0.15) is 0 Å². The lowest BCUT2D eigenvalue weighted by molar-refractivity contribution is 0.122. The third-order valence-electron chi connectivity index (χ3n) is 5.01. The third-order valence-corrected chi connectivity index (χ3v) is 5.01. The van der Waals surface area contributed by atoms with Crippen LogP contribution >= 0.6 is 0 Å². The number of morpholine rings is 1. The van der Waals surface area contributed by atoms with Gasteiger partial charge in [0, 0.05) is 38.9 Å². The number of carbonyl (C=O) groups excluding carboxylic acids is 1. The van der Waals surface area contributed by atoms with Gasteiger partial charge in [-0.1, -0.05) is 24.3 Å². The number of amides is 2. The van der Waals surface area contributed by atoms with Crippen LogP contribution in [0.1, 0.15) is 16.7 Å². The number of aromatic nitrogens is 1. The lowest BCUT2D eigenvalue weighted by Gasteiger charge is -2.29. The van der Waals surface area contributed by atoms with Crippen molar-refractivity contribution < 1.29 is 9.53 Å². The van der Waals surface area contributed by atoms with E-state index in [1.165, 1.54) is 11.1 Å². The number of carbonyl (C=O) groups is 1. The summed E-state index contributed by atoms with van der Waals surface area (Å²) in [6.45, 7) is 5.14. The highest BCUT2D eigenvalue weighted by Crippen LogP contribution is 2.19. The predicted octanol–water partition coefficient (Wildman–Crippen LogP) is 2.19. The molecule has 0 bridgehead atoms. The number of urea groups is 1. The summed E-state index contributed by atoms with van der Waals surface area (Å²) >= 11 is 0.